The first-order chi connectivity index (χ1) is 9.90. The molecule has 0 aliphatic rings. The average Bonchev–Trinajstić information content (AvgIpc) is 2.40. The van der Waals surface area contributed by atoms with E-state index in [2.05, 4.69) is 31.9 Å². The lowest BCUT2D eigenvalue weighted by atomic mass is 10.2. The van der Waals surface area contributed by atoms with E-state index in [0.29, 0.717) is 20.3 Å². The maximum absolute atomic E-state index is 11.0. The molecule has 0 unspecified atom stereocenters. The first-order valence-corrected chi connectivity index (χ1v) is 7.23. The fourth-order valence-corrected chi connectivity index (χ4v) is 2.65. The predicted octanol–water partition coefficient (Wildman–Crippen LogP) is 4.20. The van der Waals surface area contributed by atoms with Crippen LogP contribution >= 0.6 is 31.9 Å². The molecule has 3 N–H and O–H groups in total. The van der Waals surface area contributed by atoms with Crippen molar-refractivity contribution in [3.05, 3.63) is 61.0 Å². The summed E-state index contributed by atoms with van der Waals surface area (Å²) < 4.78 is 6.63. The molecular weight excluding hydrogens is 406 g/mol. The summed E-state index contributed by atoms with van der Waals surface area (Å²) in [5.41, 5.74) is 5.80. The maximum atomic E-state index is 11.0. The number of ether oxygens (including phenoxy) is 1. The second-order valence-corrected chi connectivity index (χ2v) is 5.71. The Balaban J connectivity index is 2.41. The van der Waals surface area contributed by atoms with E-state index in [1.807, 2.05) is 0 Å². The number of amidine groups is 1. The first kappa shape index (κ1) is 15.5. The highest BCUT2D eigenvalue weighted by atomic mass is 79.9. The monoisotopic (exact) mass is 413 g/mol. The molecule has 6 nitrogen and oxygen atoms in total. The van der Waals surface area contributed by atoms with E-state index < -0.39 is 4.92 Å². The molecule has 2 rings (SSSR count). The van der Waals surface area contributed by atoms with Gasteiger partial charge in [-0.1, -0.05) is 6.07 Å². The van der Waals surface area contributed by atoms with Crippen LogP contribution in [-0.4, -0.2) is 10.8 Å². The molecule has 2 aromatic carbocycles. The zero-order valence-corrected chi connectivity index (χ0v) is 13.6. The van der Waals surface area contributed by atoms with Crippen LogP contribution in [0, 0.1) is 15.5 Å². The van der Waals surface area contributed by atoms with Crippen molar-refractivity contribution in [3.63, 3.8) is 0 Å². The summed E-state index contributed by atoms with van der Waals surface area (Å²) in [5, 5.41) is 18.4. The molecular formula is C13H9Br2N3O3. The molecule has 0 spiro atoms. The van der Waals surface area contributed by atoms with Crippen LogP contribution in [0.4, 0.5) is 5.69 Å². The van der Waals surface area contributed by atoms with E-state index in [-0.39, 0.29) is 17.3 Å². The third-order valence-corrected chi connectivity index (χ3v) is 3.87. The molecule has 21 heavy (non-hydrogen) atoms. The summed E-state index contributed by atoms with van der Waals surface area (Å²) in [6.07, 6.45) is 0. The average molecular weight is 415 g/mol. The van der Waals surface area contributed by atoms with E-state index in [4.69, 9.17) is 15.9 Å². The number of para-hydroxylation sites is 1. The normalized spacial score (nSPS) is 10.2. The zero-order valence-electron chi connectivity index (χ0n) is 10.5. The van der Waals surface area contributed by atoms with Crippen molar-refractivity contribution in [2.24, 2.45) is 5.73 Å². The van der Waals surface area contributed by atoms with Crippen LogP contribution in [0.5, 0.6) is 11.5 Å². The number of halogens is 2. The Labute approximate surface area is 136 Å². The largest absolute Gasteiger partial charge is 0.449 e. The summed E-state index contributed by atoms with van der Waals surface area (Å²) in [5.74, 6) is 0.423. The minimum Gasteiger partial charge on any atom is -0.449 e. The molecule has 0 bridgehead atoms. The Morgan fingerprint density at radius 2 is 1.95 bits per heavy atom. The molecule has 8 heteroatoms. The Bertz CT molecular complexity index is 735. The topological polar surface area (TPSA) is 102 Å². The van der Waals surface area contributed by atoms with Gasteiger partial charge in [-0.15, -0.1) is 0 Å². The van der Waals surface area contributed by atoms with Crippen LogP contribution in [0.1, 0.15) is 5.56 Å². The molecule has 0 amide bonds. The number of nitrogens with two attached hydrogens (primary N) is 1. The first-order valence-electron chi connectivity index (χ1n) is 5.65. The van der Waals surface area contributed by atoms with E-state index in [0.717, 1.165) is 0 Å². The third kappa shape index (κ3) is 3.40. The smallest absolute Gasteiger partial charge is 0.312 e. The van der Waals surface area contributed by atoms with Gasteiger partial charge in [0.1, 0.15) is 11.6 Å². The van der Waals surface area contributed by atoms with Gasteiger partial charge in [0.05, 0.1) is 9.40 Å². The molecule has 0 aliphatic carbocycles. The van der Waals surface area contributed by atoms with Crippen molar-refractivity contribution in [3.8, 4) is 11.5 Å². The molecule has 0 radical (unpaired) electrons. The number of nitrogens with one attached hydrogen (secondary N) is 1. The Kier molecular flexibility index (Phi) is 4.59. The number of rotatable bonds is 4. The minimum absolute atomic E-state index is 0.0831. The van der Waals surface area contributed by atoms with Crippen LogP contribution in [0.2, 0.25) is 0 Å². The molecule has 0 atom stereocenters. The van der Waals surface area contributed by atoms with Crippen molar-refractivity contribution >= 4 is 43.4 Å². The van der Waals surface area contributed by atoms with Crippen molar-refractivity contribution in [2.45, 2.75) is 0 Å². The highest BCUT2D eigenvalue weighted by Gasteiger charge is 2.19. The van der Waals surface area contributed by atoms with E-state index in [1.54, 1.807) is 30.3 Å². The molecule has 0 fully saturated rings. The third-order valence-electron chi connectivity index (χ3n) is 2.59. The molecule has 0 saturated heterocycles. The lowest BCUT2D eigenvalue weighted by Gasteiger charge is -2.10. The van der Waals surface area contributed by atoms with Gasteiger partial charge in [-0.05, 0) is 56.1 Å². The summed E-state index contributed by atoms with van der Waals surface area (Å²) >= 11 is 6.51. The number of hydrogen-bond donors (Lipinski definition) is 2. The number of nitro groups is 1. The van der Waals surface area contributed by atoms with Gasteiger partial charge < -0.3 is 10.5 Å². The number of nitrogen functional groups attached to an aromatic ring is 1. The Hall–Kier alpha value is -1.93. The quantitative estimate of drug-likeness (QED) is 0.338. The van der Waals surface area contributed by atoms with Crippen LogP contribution in [0.25, 0.3) is 0 Å². The van der Waals surface area contributed by atoms with E-state index >= 15 is 0 Å². The number of nitro benzene ring substituents is 1. The van der Waals surface area contributed by atoms with Crippen molar-refractivity contribution in [1.29, 1.82) is 5.41 Å². The van der Waals surface area contributed by atoms with Crippen LogP contribution < -0.4 is 10.5 Å². The fourth-order valence-electron chi connectivity index (χ4n) is 1.64. The van der Waals surface area contributed by atoms with Gasteiger partial charge in [0, 0.05) is 16.1 Å². The lowest BCUT2D eigenvalue weighted by molar-refractivity contribution is -0.385. The molecule has 2 aromatic rings. The maximum Gasteiger partial charge on any atom is 0.312 e. The van der Waals surface area contributed by atoms with Crippen LogP contribution in [-0.2, 0) is 0 Å². The molecule has 0 aliphatic heterocycles. The summed E-state index contributed by atoms with van der Waals surface area (Å²) in [6.45, 7) is 0. The van der Waals surface area contributed by atoms with E-state index in [9.17, 15) is 10.1 Å². The van der Waals surface area contributed by atoms with Crippen molar-refractivity contribution < 1.29 is 9.66 Å². The second-order valence-electron chi connectivity index (χ2n) is 4.00. The Morgan fingerprint density at radius 3 is 2.52 bits per heavy atom. The fraction of sp³-hybridized carbons (Fsp3) is 0. The van der Waals surface area contributed by atoms with Gasteiger partial charge in [-0.2, -0.15) is 0 Å². The van der Waals surface area contributed by atoms with Crippen molar-refractivity contribution in [2.75, 3.05) is 0 Å². The SMILES string of the molecule is N=C(N)c1ccc(Oc2c(Br)cccc2[N+](=O)[O-])cc1Br. The predicted molar refractivity (Wildman–Crippen MR) is 86.0 cm³/mol. The highest BCUT2D eigenvalue weighted by Crippen LogP contribution is 2.38. The number of hydrogen-bond acceptors (Lipinski definition) is 4. The highest BCUT2D eigenvalue weighted by molar-refractivity contribution is 9.10. The number of benzene rings is 2. The van der Waals surface area contributed by atoms with Gasteiger partial charge in [-0.3, -0.25) is 15.5 Å². The Morgan fingerprint density at radius 1 is 1.24 bits per heavy atom. The van der Waals surface area contributed by atoms with Gasteiger partial charge in [0.15, 0.2) is 0 Å². The molecule has 108 valence electrons. The summed E-state index contributed by atoms with van der Waals surface area (Å²) in [4.78, 5) is 10.5. The summed E-state index contributed by atoms with van der Waals surface area (Å²) in [7, 11) is 0. The van der Waals surface area contributed by atoms with Gasteiger partial charge in [-0.25, -0.2) is 0 Å². The van der Waals surface area contributed by atoms with Crippen molar-refractivity contribution in [1.82, 2.24) is 0 Å². The van der Waals surface area contributed by atoms with Gasteiger partial charge in [0.2, 0.25) is 5.75 Å². The van der Waals surface area contributed by atoms with Crippen LogP contribution in [0.3, 0.4) is 0 Å². The lowest BCUT2D eigenvalue weighted by Crippen LogP contribution is -2.11. The standard InChI is InChI=1S/C13H9Br2N3O3/c14-9-2-1-3-11(18(19)20)12(9)21-7-4-5-8(13(16)17)10(15)6-7/h1-6H,(H3,16,17). The molecule has 0 aromatic heterocycles. The number of nitrogens with zero attached hydrogens (tertiary/aromatic N) is 1. The van der Waals surface area contributed by atoms with Gasteiger partial charge >= 0.3 is 5.69 Å². The second kappa shape index (κ2) is 6.23. The van der Waals surface area contributed by atoms with Crippen LogP contribution in [0.15, 0.2) is 45.3 Å². The van der Waals surface area contributed by atoms with E-state index in [1.165, 1.54) is 6.07 Å². The summed E-state index contributed by atoms with van der Waals surface area (Å²) in [6, 6.07) is 9.36. The zero-order chi connectivity index (χ0) is 15.6. The van der Waals surface area contributed by atoms with Gasteiger partial charge in [0.25, 0.3) is 0 Å². The molecule has 0 saturated carbocycles. The molecule has 0 heterocycles. The minimum atomic E-state index is -0.515.